The molecule has 1 aromatic carbocycles. The fourth-order valence-corrected chi connectivity index (χ4v) is 4.37. The first-order chi connectivity index (χ1) is 11.9. The maximum atomic E-state index is 13.8. The van der Waals surface area contributed by atoms with Crippen molar-refractivity contribution < 1.29 is 17.2 Å². The lowest BCUT2D eigenvalue weighted by Crippen LogP contribution is -2.48. The summed E-state index contributed by atoms with van der Waals surface area (Å²) in [5, 5.41) is 0.561. The van der Waals surface area contributed by atoms with Crippen LogP contribution in [0, 0.1) is 11.6 Å². The molecule has 0 spiro atoms. The van der Waals surface area contributed by atoms with Crippen molar-refractivity contribution in [3.8, 4) is 0 Å². The second kappa shape index (κ2) is 7.33. The third kappa shape index (κ3) is 3.98. The predicted molar refractivity (Wildman–Crippen MR) is 89.6 cm³/mol. The highest BCUT2D eigenvalue weighted by atomic mass is 35.5. The minimum absolute atomic E-state index is 0.224. The predicted octanol–water partition coefficient (Wildman–Crippen LogP) is 2.52. The van der Waals surface area contributed by atoms with Crippen molar-refractivity contribution in [2.24, 2.45) is 0 Å². The number of benzene rings is 1. The van der Waals surface area contributed by atoms with Gasteiger partial charge in [0.05, 0.1) is 5.02 Å². The molecular weight excluding hydrogens is 372 g/mol. The molecule has 1 aliphatic rings. The van der Waals surface area contributed by atoms with Gasteiger partial charge in [-0.15, -0.1) is 0 Å². The van der Waals surface area contributed by atoms with Crippen LogP contribution in [0.2, 0.25) is 5.02 Å². The molecule has 0 radical (unpaired) electrons. The Hall–Kier alpha value is -1.61. The first-order valence-electron chi connectivity index (χ1n) is 7.64. The topological polar surface area (TPSA) is 53.5 Å². The lowest BCUT2D eigenvalue weighted by Gasteiger charge is -2.34. The number of aromatic nitrogens is 1. The Labute approximate surface area is 149 Å². The molecule has 0 unspecified atom stereocenters. The molecule has 3 rings (SSSR count). The number of hydrogen-bond acceptors (Lipinski definition) is 4. The van der Waals surface area contributed by atoms with Crippen molar-refractivity contribution in [1.82, 2.24) is 14.2 Å². The largest absolute Gasteiger partial charge is 0.296 e. The standard InChI is InChI=1S/C16H16ClF2N3O2S/c17-14-10-20-4-3-12(14)11-21-5-7-22(8-6-21)25(23,24)16-2-1-13(18)9-15(16)19/h1-4,9-10H,5-8,11H2. The molecule has 1 aromatic heterocycles. The van der Waals surface area contributed by atoms with Crippen LogP contribution in [0.5, 0.6) is 0 Å². The Morgan fingerprint density at radius 3 is 2.48 bits per heavy atom. The minimum Gasteiger partial charge on any atom is -0.296 e. The maximum absolute atomic E-state index is 13.8. The molecule has 0 bridgehead atoms. The van der Waals surface area contributed by atoms with Crippen LogP contribution in [-0.2, 0) is 16.6 Å². The molecule has 1 saturated heterocycles. The first-order valence-corrected chi connectivity index (χ1v) is 9.45. The molecule has 5 nitrogen and oxygen atoms in total. The lowest BCUT2D eigenvalue weighted by atomic mass is 10.2. The summed E-state index contributed by atoms with van der Waals surface area (Å²) in [5.41, 5.74) is 0.914. The third-order valence-corrected chi connectivity index (χ3v) is 6.37. The summed E-state index contributed by atoms with van der Waals surface area (Å²) in [6.07, 6.45) is 3.22. The van der Waals surface area contributed by atoms with Gasteiger partial charge in [0.25, 0.3) is 0 Å². The summed E-state index contributed by atoms with van der Waals surface area (Å²) in [7, 11) is -3.98. The Kier molecular flexibility index (Phi) is 5.33. The lowest BCUT2D eigenvalue weighted by molar-refractivity contribution is 0.181. The van der Waals surface area contributed by atoms with Gasteiger partial charge < -0.3 is 0 Å². The van der Waals surface area contributed by atoms with Crippen LogP contribution in [-0.4, -0.2) is 48.8 Å². The van der Waals surface area contributed by atoms with Gasteiger partial charge in [0.2, 0.25) is 10.0 Å². The normalized spacial score (nSPS) is 16.9. The van der Waals surface area contributed by atoms with Crippen molar-refractivity contribution in [3.63, 3.8) is 0 Å². The number of piperazine rings is 1. The van der Waals surface area contributed by atoms with Crippen molar-refractivity contribution in [3.05, 3.63) is 58.9 Å². The maximum Gasteiger partial charge on any atom is 0.246 e. The van der Waals surface area contributed by atoms with Crippen molar-refractivity contribution >= 4 is 21.6 Å². The summed E-state index contributed by atoms with van der Waals surface area (Å²) in [6, 6.07) is 4.30. The van der Waals surface area contributed by atoms with Gasteiger partial charge in [0.1, 0.15) is 16.5 Å². The van der Waals surface area contributed by atoms with E-state index in [1.807, 2.05) is 6.07 Å². The zero-order valence-electron chi connectivity index (χ0n) is 13.2. The summed E-state index contributed by atoms with van der Waals surface area (Å²) in [6.45, 7) is 2.01. The zero-order valence-corrected chi connectivity index (χ0v) is 14.8. The van der Waals surface area contributed by atoms with E-state index in [4.69, 9.17) is 11.6 Å². The molecule has 2 heterocycles. The van der Waals surface area contributed by atoms with Crippen molar-refractivity contribution in [1.29, 1.82) is 0 Å². The van der Waals surface area contributed by atoms with Gasteiger partial charge in [-0.3, -0.25) is 9.88 Å². The summed E-state index contributed by atoms with van der Waals surface area (Å²) in [4.78, 5) is 5.49. The number of halogens is 3. The number of sulfonamides is 1. The van der Waals surface area contributed by atoms with Crippen LogP contribution in [0.15, 0.2) is 41.6 Å². The first kappa shape index (κ1) is 18.2. The van der Waals surface area contributed by atoms with Crippen LogP contribution in [0.1, 0.15) is 5.56 Å². The van der Waals surface area contributed by atoms with Crippen molar-refractivity contribution in [2.75, 3.05) is 26.2 Å². The molecule has 0 saturated carbocycles. The van der Waals surface area contributed by atoms with E-state index >= 15 is 0 Å². The van der Waals surface area contributed by atoms with E-state index in [-0.39, 0.29) is 13.1 Å². The van der Waals surface area contributed by atoms with Gasteiger partial charge in [0, 0.05) is 51.2 Å². The quantitative estimate of drug-likeness (QED) is 0.809. The van der Waals surface area contributed by atoms with Gasteiger partial charge >= 0.3 is 0 Å². The van der Waals surface area contributed by atoms with Gasteiger partial charge in [-0.1, -0.05) is 11.6 Å². The molecule has 25 heavy (non-hydrogen) atoms. The van der Waals surface area contributed by atoms with Crippen molar-refractivity contribution in [2.45, 2.75) is 11.4 Å². The van der Waals surface area contributed by atoms with E-state index in [2.05, 4.69) is 9.88 Å². The van der Waals surface area contributed by atoms with E-state index in [0.29, 0.717) is 30.7 Å². The van der Waals surface area contributed by atoms with Crippen LogP contribution in [0.4, 0.5) is 8.78 Å². The van der Waals surface area contributed by atoms with E-state index in [0.717, 1.165) is 17.7 Å². The number of rotatable bonds is 4. The highest BCUT2D eigenvalue weighted by Gasteiger charge is 2.30. The second-order valence-electron chi connectivity index (χ2n) is 5.72. The Balaban J connectivity index is 1.68. The highest BCUT2D eigenvalue weighted by Crippen LogP contribution is 2.22. The monoisotopic (exact) mass is 387 g/mol. The molecule has 1 aliphatic heterocycles. The smallest absolute Gasteiger partial charge is 0.246 e. The molecule has 0 amide bonds. The second-order valence-corrected chi connectivity index (χ2v) is 8.04. The van der Waals surface area contributed by atoms with Gasteiger partial charge in [-0.05, 0) is 23.8 Å². The number of hydrogen-bond donors (Lipinski definition) is 0. The van der Waals surface area contributed by atoms with E-state index < -0.39 is 26.6 Å². The van der Waals surface area contributed by atoms with Gasteiger partial charge in [-0.2, -0.15) is 4.31 Å². The SMILES string of the molecule is O=S(=O)(c1ccc(F)cc1F)N1CCN(Cc2ccncc2Cl)CC1. The van der Waals surface area contributed by atoms with Crippen LogP contribution in [0.25, 0.3) is 0 Å². The molecule has 9 heteroatoms. The van der Waals surface area contributed by atoms with Crippen LogP contribution >= 0.6 is 11.6 Å². The molecule has 1 fully saturated rings. The Bertz CT molecular complexity index is 871. The average molecular weight is 388 g/mol. The summed E-state index contributed by atoms with van der Waals surface area (Å²) >= 11 is 6.09. The van der Waals surface area contributed by atoms with E-state index in [1.54, 1.807) is 12.4 Å². The fraction of sp³-hybridized carbons (Fsp3) is 0.312. The minimum atomic E-state index is -3.98. The molecule has 0 atom stereocenters. The zero-order chi connectivity index (χ0) is 18.0. The molecule has 0 aliphatic carbocycles. The highest BCUT2D eigenvalue weighted by molar-refractivity contribution is 7.89. The molecule has 2 aromatic rings. The number of pyridine rings is 1. The Morgan fingerprint density at radius 1 is 1.12 bits per heavy atom. The molecular formula is C16H16ClF2N3O2S. The van der Waals surface area contributed by atoms with E-state index in [1.165, 1.54) is 4.31 Å². The van der Waals surface area contributed by atoms with Gasteiger partial charge in [-0.25, -0.2) is 17.2 Å². The number of nitrogens with zero attached hydrogens (tertiary/aromatic N) is 3. The fourth-order valence-electron chi connectivity index (χ4n) is 2.72. The van der Waals surface area contributed by atoms with Crippen LogP contribution < -0.4 is 0 Å². The summed E-state index contributed by atoms with van der Waals surface area (Å²) < 4.78 is 53.2. The van der Waals surface area contributed by atoms with Gasteiger partial charge in [0.15, 0.2) is 0 Å². The molecule has 134 valence electrons. The summed E-state index contributed by atoms with van der Waals surface area (Å²) in [5.74, 6) is -1.89. The van der Waals surface area contributed by atoms with Crippen LogP contribution in [0.3, 0.4) is 0 Å². The molecule has 0 N–H and O–H groups in total. The third-order valence-electron chi connectivity index (χ3n) is 4.09. The Morgan fingerprint density at radius 2 is 1.84 bits per heavy atom. The average Bonchev–Trinajstić information content (AvgIpc) is 2.57. The van der Waals surface area contributed by atoms with E-state index in [9.17, 15) is 17.2 Å².